The summed E-state index contributed by atoms with van der Waals surface area (Å²) in [6.45, 7) is 0.0747. The van der Waals surface area contributed by atoms with Crippen LogP contribution in [0, 0.1) is 0 Å². The molecule has 0 bridgehead atoms. The summed E-state index contributed by atoms with van der Waals surface area (Å²) in [5.41, 5.74) is 2.11. The van der Waals surface area contributed by atoms with Gasteiger partial charge in [0.1, 0.15) is 18.0 Å². The van der Waals surface area contributed by atoms with Gasteiger partial charge in [-0.3, -0.25) is 9.69 Å². The molecule has 2 unspecified atom stereocenters. The van der Waals surface area contributed by atoms with Crippen molar-refractivity contribution in [3.8, 4) is 5.75 Å². The first-order valence-electron chi connectivity index (χ1n) is 9.52. The molecule has 2 heterocycles. The average Bonchev–Trinajstić information content (AvgIpc) is 2.72. The molecule has 2 aromatic rings. The van der Waals surface area contributed by atoms with Crippen LogP contribution >= 0.6 is 0 Å². The van der Waals surface area contributed by atoms with E-state index in [0.29, 0.717) is 18.0 Å². The highest BCUT2D eigenvalue weighted by Crippen LogP contribution is 2.36. The SMILES string of the molecule is O=C1Nc2cc(CN3C[C@H](O)C(O)[C@H](O)[C@@H]3CO)ccc2OC1c1ccccc1. The topological polar surface area (TPSA) is 122 Å². The van der Waals surface area contributed by atoms with Crippen molar-refractivity contribution in [1.29, 1.82) is 0 Å². The summed E-state index contributed by atoms with van der Waals surface area (Å²) in [6.07, 6.45) is -4.38. The van der Waals surface area contributed by atoms with Crippen molar-refractivity contribution in [2.75, 3.05) is 18.5 Å². The Hall–Kier alpha value is -2.49. The number of fused-ring (bicyclic) bond motifs is 1. The molecule has 0 saturated carbocycles. The molecule has 0 radical (unpaired) electrons. The Morgan fingerprint density at radius 2 is 1.83 bits per heavy atom. The summed E-state index contributed by atoms with van der Waals surface area (Å²) in [5.74, 6) is 0.288. The van der Waals surface area contributed by atoms with Crippen LogP contribution in [0.4, 0.5) is 5.69 Å². The van der Waals surface area contributed by atoms with E-state index in [1.165, 1.54) is 0 Å². The van der Waals surface area contributed by atoms with Gasteiger partial charge in [0, 0.05) is 18.7 Å². The van der Waals surface area contributed by atoms with Crippen LogP contribution in [0.15, 0.2) is 48.5 Å². The number of hydrogen-bond acceptors (Lipinski definition) is 7. The molecule has 5 N–H and O–H groups in total. The fraction of sp³-hybridized carbons (Fsp3) is 0.381. The molecule has 4 rings (SSSR count). The molecule has 2 aromatic carbocycles. The summed E-state index contributed by atoms with van der Waals surface area (Å²) >= 11 is 0. The lowest BCUT2D eigenvalue weighted by Crippen LogP contribution is -2.62. The fourth-order valence-electron chi connectivity index (χ4n) is 3.90. The van der Waals surface area contributed by atoms with Crippen molar-refractivity contribution >= 4 is 11.6 Å². The normalized spacial score (nSPS) is 29.7. The van der Waals surface area contributed by atoms with Gasteiger partial charge in [-0.15, -0.1) is 0 Å². The van der Waals surface area contributed by atoms with Gasteiger partial charge in [0.25, 0.3) is 5.91 Å². The number of nitrogens with one attached hydrogen (secondary N) is 1. The second-order valence-corrected chi connectivity index (χ2v) is 7.46. The smallest absolute Gasteiger partial charge is 0.270 e. The minimum atomic E-state index is -1.30. The molecule has 8 nitrogen and oxygen atoms in total. The van der Waals surface area contributed by atoms with E-state index in [0.717, 1.165) is 11.1 Å². The minimum absolute atomic E-state index is 0.111. The van der Waals surface area contributed by atoms with Gasteiger partial charge in [-0.05, 0) is 17.7 Å². The number of β-amino-alcohol motifs (C(OH)–C–C–N with tert-alkyl or cyclic N) is 1. The van der Waals surface area contributed by atoms with E-state index < -0.39 is 30.5 Å². The van der Waals surface area contributed by atoms with E-state index in [-0.39, 0.29) is 19.1 Å². The van der Waals surface area contributed by atoms with Crippen molar-refractivity contribution in [2.45, 2.75) is 37.0 Å². The van der Waals surface area contributed by atoms with Gasteiger partial charge in [-0.1, -0.05) is 36.4 Å². The number of piperidine rings is 1. The van der Waals surface area contributed by atoms with Crippen LogP contribution in [0.3, 0.4) is 0 Å². The van der Waals surface area contributed by atoms with E-state index in [2.05, 4.69) is 5.32 Å². The van der Waals surface area contributed by atoms with Gasteiger partial charge in [-0.25, -0.2) is 0 Å². The standard InChI is InChI=1S/C21H24N2O6/c24-11-15-18(26)19(27)16(25)10-23(15)9-12-6-7-17-14(8-12)22-21(28)20(29-17)13-4-2-1-3-5-13/h1-8,15-16,18-20,24-27H,9-11H2,(H,22,28)/t15-,16-,18+,19?,20?/m0/s1. The lowest BCUT2D eigenvalue weighted by molar-refractivity contribution is -0.147. The highest BCUT2D eigenvalue weighted by Gasteiger charge is 2.41. The molecule has 2 aliphatic heterocycles. The Balaban J connectivity index is 1.52. The number of carbonyl (C=O) groups excluding carboxylic acids is 1. The van der Waals surface area contributed by atoms with Gasteiger partial charge < -0.3 is 30.5 Å². The van der Waals surface area contributed by atoms with Gasteiger partial charge in [0.2, 0.25) is 6.10 Å². The molecule has 0 aromatic heterocycles. The fourth-order valence-corrected chi connectivity index (χ4v) is 3.90. The van der Waals surface area contributed by atoms with Crippen molar-refractivity contribution in [1.82, 2.24) is 4.90 Å². The molecule has 154 valence electrons. The Bertz CT molecular complexity index is 877. The number of rotatable bonds is 4. The number of hydrogen-bond donors (Lipinski definition) is 5. The minimum Gasteiger partial charge on any atom is -0.474 e. The van der Waals surface area contributed by atoms with Crippen LogP contribution in [0.2, 0.25) is 0 Å². The van der Waals surface area contributed by atoms with Crippen LogP contribution in [-0.4, -0.2) is 68.7 Å². The molecule has 1 amide bonds. The first-order valence-corrected chi connectivity index (χ1v) is 9.52. The predicted octanol–water partition coefficient (Wildman–Crippen LogP) is 0.0180. The van der Waals surface area contributed by atoms with Crippen molar-refractivity contribution in [3.63, 3.8) is 0 Å². The number of likely N-dealkylation sites (tertiary alicyclic amines) is 1. The molecule has 5 atom stereocenters. The molecular weight excluding hydrogens is 376 g/mol. The van der Waals surface area contributed by atoms with E-state index >= 15 is 0 Å². The maximum absolute atomic E-state index is 12.5. The molecule has 1 saturated heterocycles. The number of aliphatic hydroxyl groups is 4. The molecule has 2 aliphatic rings. The molecule has 1 fully saturated rings. The van der Waals surface area contributed by atoms with Crippen LogP contribution in [-0.2, 0) is 11.3 Å². The second kappa shape index (κ2) is 8.10. The third-order valence-electron chi connectivity index (χ3n) is 5.49. The number of carbonyl (C=O) groups is 1. The average molecular weight is 400 g/mol. The van der Waals surface area contributed by atoms with E-state index in [1.807, 2.05) is 36.4 Å². The monoisotopic (exact) mass is 400 g/mol. The number of nitrogens with zero attached hydrogens (tertiary/aromatic N) is 1. The molecule has 0 aliphatic carbocycles. The van der Waals surface area contributed by atoms with Crippen LogP contribution < -0.4 is 10.1 Å². The zero-order valence-electron chi connectivity index (χ0n) is 15.7. The largest absolute Gasteiger partial charge is 0.474 e. The summed E-state index contributed by atoms with van der Waals surface area (Å²) < 4.78 is 5.89. The first kappa shape index (κ1) is 19.8. The number of aliphatic hydroxyl groups excluding tert-OH is 4. The van der Waals surface area contributed by atoms with Crippen molar-refractivity contribution in [2.24, 2.45) is 0 Å². The summed E-state index contributed by atoms with van der Waals surface area (Å²) in [6, 6.07) is 13.9. The lowest BCUT2D eigenvalue weighted by Gasteiger charge is -2.43. The maximum Gasteiger partial charge on any atom is 0.270 e. The van der Waals surface area contributed by atoms with Crippen LogP contribution in [0.1, 0.15) is 17.2 Å². The third kappa shape index (κ3) is 3.85. The van der Waals surface area contributed by atoms with Crippen molar-refractivity contribution in [3.05, 3.63) is 59.7 Å². The summed E-state index contributed by atoms with van der Waals surface area (Å²) in [4.78, 5) is 14.2. The number of amides is 1. The lowest BCUT2D eigenvalue weighted by atomic mass is 9.93. The van der Waals surface area contributed by atoms with Crippen LogP contribution in [0.5, 0.6) is 5.75 Å². The highest BCUT2D eigenvalue weighted by molar-refractivity contribution is 5.98. The van der Waals surface area contributed by atoms with Crippen molar-refractivity contribution < 1.29 is 30.0 Å². The zero-order chi connectivity index (χ0) is 20.5. The maximum atomic E-state index is 12.5. The number of anilines is 1. The van der Waals surface area contributed by atoms with E-state index in [9.17, 15) is 25.2 Å². The second-order valence-electron chi connectivity index (χ2n) is 7.46. The number of benzene rings is 2. The van der Waals surface area contributed by atoms with Gasteiger partial charge >= 0.3 is 0 Å². The van der Waals surface area contributed by atoms with E-state index in [4.69, 9.17) is 4.74 Å². The molecule has 8 heteroatoms. The van der Waals surface area contributed by atoms with E-state index in [1.54, 1.807) is 17.0 Å². The quantitative estimate of drug-likeness (QED) is 0.490. The third-order valence-corrected chi connectivity index (χ3v) is 5.49. The van der Waals surface area contributed by atoms with Gasteiger partial charge in [0.05, 0.1) is 24.4 Å². The Morgan fingerprint density at radius 1 is 1.07 bits per heavy atom. The molecule has 0 spiro atoms. The highest BCUT2D eigenvalue weighted by atomic mass is 16.5. The Kier molecular flexibility index (Phi) is 5.53. The summed E-state index contributed by atoms with van der Waals surface area (Å²) in [5, 5.41) is 42.4. The Morgan fingerprint density at radius 3 is 2.55 bits per heavy atom. The van der Waals surface area contributed by atoms with Crippen LogP contribution in [0.25, 0.3) is 0 Å². The summed E-state index contributed by atoms with van der Waals surface area (Å²) in [7, 11) is 0. The molecular formula is C21H24N2O6. The predicted molar refractivity (Wildman–Crippen MR) is 104 cm³/mol. The van der Waals surface area contributed by atoms with Gasteiger partial charge in [-0.2, -0.15) is 0 Å². The van der Waals surface area contributed by atoms with Gasteiger partial charge in [0.15, 0.2) is 0 Å². The zero-order valence-corrected chi connectivity index (χ0v) is 15.7. The number of ether oxygens (including phenoxy) is 1. The molecule has 29 heavy (non-hydrogen) atoms. The Labute approximate surface area is 168 Å². The first-order chi connectivity index (χ1) is 14.0.